The first-order chi connectivity index (χ1) is 11.6. The van der Waals surface area contributed by atoms with Crippen molar-refractivity contribution in [1.82, 2.24) is 10.6 Å². The van der Waals surface area contributed by atoms with Gasteiger partial charge in [-0.1, -0.05) is 35.9 Å². The van der Waals surface area contributed by atoms with Gasteiger partial charge in [-0.3, -0.25) is 0 Å². The normalized spacial score (nSPS) is 10.1. The van der Waals surface area contributed by atoms with Crippen molar-refractivity contribution >= 4 is 6.03 Å². The number of aryl methyl sites for hydroxylation is 1. The fraction of sp³-hybridized carbons (Fsp3) is 0.316. The Bertz CT molecular complexity index is 686. The SMILES string of the molecule is COc1ccc(CNC(=O)NCCc2cccc(C)c2)cc1OC. The van der Waals surface area contributed by atoms with Gasteiger partial charge in [0.25, 0.3) is 0 Å². The molecule has 0 aromatic heterocycles. The molecular weight excluding hydrogens is 304 g/mol. The van der Waals surface area contributed by atoms with Crippen molar-refractivity contribution < 1.29 is 14.3 Å². The Balaban J connectivity index is 1.77. The smallest absolute Gasteiger partial charge is 0.315 e. The van der Waals surface area contributed by atoms with Crippen LogP contribution in [0.15, 0.2) is 42.5 Å². The zero-order valence-corrected chi connectivity index (χ0v) is 14.4. The lowest BCUT2D eigenvalue weighted by molar-refractivity contribution is 0.240. The van der Waals surface area contributed by atoms with Crippen molar-refractivity contribution in [3.8, 4) is 11.5 Å². The van der Waals surface area contributed by atoms with Crippen LogP contribution in [-0.2, 0) is 13.0 Å². The van der Waals surface area contributed by atoms with Crippen molar-refractivity contribution in [2.24, 2.45) is 0 Å². The van der Waals surface area contributed by atoms with E-state index in [-0.39, 0.29) is 6.03 Å². The van der Waals surface area contributed by atoms with Crippen LogP contribution in [-0.4, -0.2) is 26.8 Å². The summed E-state index contributed by atoms with van der Waals surface area (Å²) in [6.07, 6.45) is 0.811. The number of urea groups is 1. The summed E-state index contributed by atoms with van der Waals surface area (Å²) in [4.78, 5) is 11.9. The van der Waals surface area contributed by atoms with E-state index in [9.17, 15) is 4.79 Å². The van der Waals surface area contributed by atoms with Gasteiger partial charge in [0.05, 0.1) is 14.2 Å². The summed E-state index contributed by atoms with van der Waals surface area (Å²) >= 11 is 0. The lowest BCUT2D eigenvalue weighted by Crippen LogP contribution is -2.36. The summed E-state index contributed by atoms with van der Waals surface area (Å²) in [6, 6.07) is 13.7. The topological polar surface area (TPSA) is 59.6 Å². The molecule has 128 valence electrons. The van der Waals surface area contributed by atoms with E-state index in [0.717, 1.165) is 12.0 Å². The molecule has 2 rings (SSSR count). The quantitative estimate of drug-likeness (QED) is 0.821. The van der Waals surface area contributed by atoms with Gasteiger partial charge in [-0.05, 0) is 36.6 Å². The number of nitrogens with one attached hydrogen (secondary N) is 2. The van der Waals surface area contributed by atoms with Gasteiger partial charge in [-0.25, -0.2) is 4.79 Å². The lowest BCUT2D eigenvalue weighted by atomic mass is 10.1. The molecule has 2 amide bonds. The number of rotatable bonds is 7. The molecule has 0 saturated carbocycles. The predicted molar refractivity (Wildman–Crippen MR) is 94.7 cm³/mol. The number of carbonyl (C=O) groups excluding carboxylic acids is 1. The molecule has 5 heteroatoms. The molecule has 0 unspecified atom stereocenters. The number of methoxy groups -OCH3 is 2. The summed E-state index contributed by atoms with van der Waals surface area (Å²) in [7, 11) is 3.19. The van der Waals surface area contributed by atoms with Gasteiger partial charge in [0.15, 0.2) is 11.5 Å². The highest BCUT2D eigenvalue weighted by Crippen LogP contribution is 2.27. The molecule has 0 aliphatic carbocycles. The highest BCUT2D eigenvalue weighted by molar-refractivity contribution is 5.73. The monoisotopic (exact) mass is 328 g/mol. The van der Waals surface area contributed by atoms with Gasteiger partial charge in [0.1, 0.15) is 0 Å². The first-order valence-electron chi connectivity index (χ1n) is 7.90. The number of carbonyl (C=O) groups is 1. The van der Waals surface area contributed by atoms with Crippen LogP contribution >= 0.6 is 0 Å². The molecule has 0 spiro atoms. The van der Waals surface area contributed by atoms with Crippen LogP contribution < -0.4 is 20.1 Å². The molecule has 0 aliphatic heterocycles. The zero-order chi connectivity index (χ0) is 17.4. The summed E-state index contributed by atoms with van der Waals surface area (Å²) in [5.74, 6) is 1.32. The maximum Gasteiger partial charge on any atom is 0.315 e. The van der Waals surface area contributed by atoms with E-state index in [1.54, 1.807) is 14.2 Å². The van der Waals surface area contributed by atoms with E-state index >= 15 is 0 Å². The Morgan fingerprint density at radius 1 is 0.958 bits per heavy atom. The van der Waals surface area contributed by atoms with Crippen molar-refractivity contribution in [2.75, 3.05) is 20.8 Å². The fourth-order valence-electron chi connectivity index (χ4n) is 2.42. The van der Waals surface area contributed by atoms with Crippen molar-refractivity contribution in [1.29, 1.82) is 0 Å². The molecule has 5 nitrogen and oxygen atoms in total. The standard InChI is InChI=1S/C19H24N2O3/c1-14-5-4-6-15(11-14)9-10-20-19(22)21-13-16-7-8-17(23-2)18(12-16)24-3/h4-8,11-12H,9-10,13H2,1-3H3,(H2,20,21,22). The second-order valence-electron chi connectivity index (χ2n) is 5.54. The molecule has 0 atom stereocenters. The van der Waals surface area contributed by atoms with Crippen molar-refractivity contribution in [2.45, 2.75) is 19.9 Å². The number of amides is 2. The van der Waals surface area contributed by atoms with Gasteiger partial charge in [0.2, 0.25) is 0 Å². The van der Waals surface area contributed by atoms with Crippen LogP contribution in [0.4, 0.5) is 4.79 Å². The minimum Gasteiger partial charge on any atom is -0.493 e. The molecule has 24 heavy (non-hydrogen) atoms. The molecule has 0 fully saturated rings. The van der Waals surface area contributed by atoms with E-state index in [1.807, 2.05) is 24.3 Å². The second kappa shape index (κ2) is 8.82. The molecule has 0 saturated heterocycles. The fourth-order valence-corrected chi connectivity index (χ4v) is 2.42. The van der Waals surface area contributed by atoms with Crippen LogP contribution in [0.3, 0.4) is 0 Å². The van der Waals surface area contributed by atoms with E-state index in [2.05, 4.69) is 35.8 Å². The largest absolute Gasteiger partial charge is 0.493 e. The Labute approximate surface area is 143 Å². The summed E-state index contributed by atoms with van der Waals surface area (Å²) in [5.41, 5.74) is 3.39. The van der Waals surface area contributed by atoms with E-state index in [0.29, 0.717) is 24.6 Å². The van der Waals surface area contributed by atoms with E-state index in [1.165, 1.54) is 11.1 Å². The molecular formula is C19H24N2O3. The van der Waals surface area contributed by atoms with Crippen LogP contribution in [0.5, 0.6) is 11.5 Å². The number of benzene rings is 2. The minimum atomic E-state index is -0.183. The molecule has 0 heterocycles. The predicted octanol–water partition coefficient (Wildman–Crippen LogP) is 3.05. The summed E-state index contributed by atoms with van der Waals surface area (Å²) < 4.78 is 10.4. The number of ether oxygens (including phenoxy) is 2. The molecule has 0 aliphatic rings. The van der Waals surface area contributed by atoms with Crippen molar-refractivity contribution in [3.05, 3.63) is 59.2 Å². The van der Waals surface area contributed by atoms with Gasteiger partial charge >= 0.3 is 6.03 Å². The highest BCUT2D eigenvalue weighted by Gasteiger charge is 2.06. The number of hydrogen-bond donors (Lipinski definition) is 2. The third kappa shape index (κ3) is 5.19. The summed E-state index contributed by atoms with van der Waals surface area (Å²) in [5, 5.41) is 5.70. The molecule has 2 N–H and O–H groups in total. The van der Waals surface area contributed by atoms with E-state index < -0.39 is 0 Å². The maximum absolute atomic E-state index is 11.9. The van der Waals surface area contributed by atoms with Gasteiger partial charge in [-0.2, -0.15) is 0 Å². The molecule has 0 bridgehead atoms. The van der Waals surface area contributed by atoms with Crippen LogP contribution in [0, 0.1) is 6.92 Å². The Morgan fingerprint density at radius 3 is 2.46 bits per heavy atom. The third-order valence-electron chi connectivity index (χ3n) is 3.68. The second-order valence-corrected chi connectivity index (χ2v) is 5.54. The molecule has 2 aromatic carbocycles. The van der Waals surface area contributed by atoms with Crippen molar-refractivity contribution in [3.63, 3.8) is 0 Å². The average molecular weight is 328 g/mol. The maximum atomic E-state index is 11.9. The highest BCUT2D eigenvalue weighted by atomic mass is 16.5. The Kier molecular flexibility index (Phi) is 6.49. The lowest BCUT2D eigenvalue weighted by Gasteiger charge is -2.11. The van der Waals surface area contributed by atoms with Crippen LogP contribution in [0.1, 0.15) is 16.7 Å². The molecule has 2 aromatic rings. The summed E-state index contributed by atoms with van der Waals surface area (Å²) in [6.45, 7) is 3.09. The first kappa shape index (κ1) is 17.7. The van der Waals surface area contributed by atoms with E-state index in [4.69, 9.17) is 9.47 Å². The molecule has 0 radical (unpaired) electrons. The van der Waals surface area contributed by atoms with Gasteiger partial charge in [0, 0.05) is 13.1 Å². The average Bonchev–Trinajstić information content (AvgIpc) is 2.59. The minimum absolute atomic E-state index is 0.183. The Morgan fingerprint density at radius 2 is 1.75 bits per heavy atom. The van der Waals surface area contributed by atoms with Crippen LogP contribution in [0.2, 0.25) is 0 Å². The number of hydrogen-bond acceptors (Lipinski definition) is 3. The van der Waals surface area contributed by atoms with Gasteiger partial charge < -0.3 is 20.1 Å². The van der Waals surface area contributed by atoms with Gasteiger partial charge in [-0.15, -0.1) is 0 Å². The zero-order valence-electron chi connectivity index (χ0n) is 14.4. The first-order valence-corrected chi connectivity index (χ1v) is 7.90. The van der Waals surface area contributed by atoms with Crippen LogP contribution in [0.25, 0.3) is 0 Å². The third-order valence-corrected chi connectivity index (χ3v) is 3.68. The Hall–Kier alpha value is -2.69.